The van der Waals surface area contributed by atoms with Crippen molar-refractivity contribution in [1.29, 1.82) is 0 Å². The predicted molar refractivity (Wildman–Crippen MR) is 67.1 cm³/mol. The first-order chi connectivity index (χ1) is 8.82. The second kappa shape index (κ2) is 4.86. The summed E-state index contributed by atoms with van der Waals surface area (Å²) in [5.74, 6) is -0.683. The van der Waals surface area contributed by atoms with Gasteiger partial charge in [-0.1, -0.05) is 6.92 Å². The van der Waals surface area contributed by atoms with E-state index in [9.17, 15) is 13.2 Å². The van der Waals surface area contributed by atoms with E-state index >= 15 is 0 Å². The van der Waals surface area contributed by atoms with Gasteiger partial charge in [-0.15, -0.1) is 0 Å². The zero-order chi connectivity index (χ0) is 14.1. The van der Waals surface area contributed by atoms with Gasteiger partial charge in [-0.05, 0) is 26.2 Å². The molecule has 1 heterocycles. The van der Waals surface area contributed by atoms with E-state index in [0.717, 1.165) is 19.3 Å². The van der Waals surface area contributed by atoms with Crippen molar-refractivity contribution in [1.82, 2.24) is 9.97 Å². The molecular formula is C12H17F3N4. The minimum absolute atomic E-state index is 0.126. The van der Waals surface area contributed by atoms with Gasteiger partial charge in [0.2, 0.25) is 5.82 Å². The van der Waals surface area contributed by atoms with Gasteiger partial charge < -0.3 is 10.6 Å². The van der Waals surface area contributed by atoms with Crippen molar-refractivity contribution in [2.24, 2.45) is 0 Å². The molecule has 1 saturated carbocycles. The SMILES string of the molecule is CCCNc1cc(NC2(C)CC2)nc(C(F)(F)F)n1. The summed E-state index contributed by atoms with van der Waals surface area (Å²) in [5.41, 5.74) is -0.126. The largest absolute Gasteiger partial charge is 0.451 e. The standard InChI is InChI=1S/C12H17F3N4/c1-3-6-16-8-7-9(19-11(2)4-5-11)18-10(17-8)12(13,14)15/h7H,3-6H2,1-2H3,(H2,16,17,18,19). The highest BCUT2D eigenvalue weighted by Gasteiger charge is 2.39. The van der Waals surface area contributed by atoms with Gasteiger partial charge in [0.15, 0.2) is 0 Å². The highest BCUT2D eigenvalue weighted by atomic mass is 19.4. The van der Waals surface area contributed by atoms with E-state index in [2.05, 4.69) is 20.6 Å². The molecule has 4 nitrogen and oxygen atoms in total. The molecule has 0 atom stereocenters. The number of nitrogens with one attached hydrogen (secondary N) is 2. The summed E-state index contributed by atoms with van der Waals surface area (Å²) >= 11 is 0. The van der Waals surface area contributed by atoms with Crippen LogP contribution in [0.2, 0.25) is 0 Å². The van der Waals surface area contributed by atoms with Crippen LogP contribution < -0.4 is 10.6 Å². The summed E-state index contributed by atoms with van der Waals surface area (Å²) in [6.45, 7) is 4.47. The van der Waals surface area contributed by atoms with E-state index in [1.54, 1.807) is 0 Å². The Balaban J connectivity index is 2.25. The maximum atomic E-state index is 12.7. The van der Waals surface area contributed by atoms with Gasteiger partial charge in [0.1, 0.15) is 11.6 Å². The molecule has 2 N–H and O–H groups in total. The summed E-state index contributed by atoms with van der Waals surface area (Å²) in [4.78, 5) is 7.06. The molecule has 19 heavy (non-hydrogen) atoms. The van der Waals surface area contributed by atoms with Crippen LogP contribution in [0.15, 0.2) is 6.07 Å². The van der Waals surface area contributed by atoms with Crippen LogP contribution in [0.25, 0.3) is 0 Å². The molecule has 1 aliphatic carbocycles. The topological polar surface area (TPSA) is 49.8 Å². The van der Waals surface area contributed by atoms with Crippen LogP contribution >= 0.6 is 0 Å². The van der Waals surface area contributed by atoms with Crippen molar-refractivity contribution in [3.8, 4) is 0 Å². The third-order valence-corrected chi connectivity index (χ3v) is 2.97. The number of anilines is 2. The average molecular weight is 274 g/mol. The lowest BCUT2D eigenvalue weighted by atomic mass is 10.3. The molecule has 7 heteroatoms. The number of hydrogen-bond acceptors (Lipinski definition) is 4. The summed E-state index contributed by atoms with van der Waals surface area (Å²) in [6, 6.07) is 1.52. The molecule has 0 aromatic carbocycles. The molecule has 2 rings (SSSR count). The maximum absolute atomic E-state index is 12.7. The Hall–Kier alpha value is -1.53. The van der Waals surface area contributed by atoms with Crippen LogP contribution in [0.3, 0.4) is 0 Å². The van der Waals surface area contributed by atoms with Gasteiger partial charge in [0, 0.05) is 18.2 Å². The third-order valence-electron chi connectivity index (χ3n) is 2.97. The molecule has 0 aliphatic heterocycles. The van der Waals surface area contributed by atoms with E-state index < -0.39 is 12.0 Å². The van der Waals surface area contributed by atoms with E-state index in [4.69, 9.17) is 0 Å². The first kappa shape index (κ1) is 13.9. The van der Waals surface area contributed by atoms with Crippen molar-refractivity contribution in [2.45, 2.75) is 44.8 Å². The average Bonchev–Trinajstić information content (AvgIpc) is 3.02. The van der Waals surface area contributed by atoms with E-state index in [1.807, 2.05) is 13.8 Å². The number of aromatic nitrogens is 2. The number of nitrogens with zero attached hydrogens (tertiary/aromatic N) is 2. The minimum Gasteiger partial charge on any atom is -0.370 e. The van der Waals surface area contributed by atoms with Gasteiger partial charge in [-0.3, -0.25) is 0 Å². The highest BCUT2D eigenvalue weighted by Crippen LogP contribution is 2.38. The van der Waals surface area contributed by atoms with E-state index in [1.165, 1.54) is 6.07 Å². The zero-order valence-corrected chi connectivity index (χ0v) is 10.9. The number of rotatable bonds is 5. The molecule has 106 valence electrons. The molecule has 1 aliphatic rings. The molecule has 1 fully saturated rings. The Morgan fingerprint density at radius 1 is 1.26 bits per heavy atom. The summed E-state index contributed by atoms with van der Waals surface area (Å²) < 4.78 is 38.2. The molecule has 0 bridgehead atoms. The number of hydrogen-bond donors (Lipinski definition) is 2. The Morgan fingerprint density at radius 2 is 1.89 bits per heavy atom. The Kier molecular flexibility index (Phi) is 3.56. The quantitative estimate of drug-likeness (QED) is 0.865. The fourth-order valence-corrected chi connectivity index (χ4v) is 1.60. The highest BCUT2D eigenvalue weighted by molar-refractivity contribution is 5.50. The van der Waals surface area contributed by atoms with Crippen molar-refractivity contribution in [3.05, 3.63) is 11.9 Å². The van der Waals surface area contributed by atoms with Gasteiger partial charge >= 0.3 is 6.18 Å². The summed E-state index contributed by atoms with van der Waals surface area (Å²) in [7, 11) is 0. The van der Waals surface area contributed by atoms with Gasteiger partial charge in [-0.25, -0.2) is 9.97 Å². The molecule has 0 radical (unpaired) electrons. The van der Waals surface area contributed by atoms with Crippen molar-refractivity contribution in [3.63, 3.8) is 0 Å². The van der Waals surface area contributed by atoms with E-state index in [0.29, 0.717) is 6.54 Å². The van der Waals surface area contributed by atoms with E-state index in [-0.39, 0.29) is 17.2 Å². The fraction of sp³-hybridized carbons (Fsp3) is 0.667. The van der Waals surface area contributed by atoms with Crippen LogP contribution in [0, 0.1) is 0 Å². The zero-order valence-electron chi connectivity index (χ0n) is 10.9. The monoisotopic (exact) mass is 274 g/mol. The van der Waals surface area contributed by atoms with Crippen molar-refractivity contribution in [2.75, 3.05) is 17.2 Å². The van der Waals surface area contributed by atoms with Gasteiger partial charge in [0.05, 0.1) is 0 Å². The Labute approximate surface area is 109 Å². The molecule has 0 saturated heterocycles. The second-order valence-electron chi connectivity index (χ2n) is 5.07. The van der Waals surface area contributed by atoms with Crippen LogP contribution in [0.1, 0.15) is 38.9 Å². The summed E-state index contributed by atoms with van der Waals surface area (Å²) in [6.07, 6.45) is -1.84. The molecule has 1 aromatic rings. The molecule has 0 spiro atoms. The smallest absolute Gasteiger partial charge is 0.370 e. The molecule has 0 amide bonds. The Morgan fingerprint density at radius 3 is 2.42 bits per heavy atom. The predicted octanol–water partition coefficient (Wildman–Crippen LogP) is 3.28. The first-order valence-electron chi connectivity index (χ1n) is 6.31. The second-order valence-corrected chi connectivity index (χ2v) is 5.07. The lowest BCUT2D eigenvalue weighted by Gasteiger charge is -2.15. The van der Waals surface area contributed by atoms with Crippen LogP contribution in [-0.2, 0) is 6.18 Å². The van der Waals surface area contributed by atoms with Crippen LogP contribution in [-0.4, -0.2) is 22.1 Å². The molecule has 0 unspecified atom stereocenters. The van der Waals surface area contributed by atoms with Gasteiger partial charge in [-0.2, -0.15) is 13.2 Å². The lowest BCUT2D eigenvalue weighted by Crippen LogP contribution is -2.20. The normalized spacial score (nSPS) is 17.1. The third kappa shape index (κ3) is 3.71. The van der Waals surface area contributed by atoms with Crippen LogP contribution in [0.4, 0.5) is 24.8 Å². The minimum atomic E-state index is -4.54. The number of alkyl halides is 3. The fourth-order valence-electron chi connectivity index (χ4n) is 1.60. The van der Waals surface area contributed by atoms with Crippen molar-refractivity contribution >= 4 is 11.6 Å². The maximum Gasteiger partial charge on any atom is 0.451 e. The summed E-state index contributed by atoms with van der Waals surface area (Å²) in [5, 5.41) is 5.89. The van der Waals surface area contributed by atoms with Crippen molar-refractivity contribution < 1.29 is 13.2 Å². The Bertz CT molecular complexity index is 455. The molecule has 1 aromatic heterocycles. The molecular weight excluding hydrogens is 257 g/mol. The van der Waals surface area contributed by atoms with Gasteiger partial charge in [0.25, 0.3) is 0 Å². The van der Waals surface area contributed by atoms with Crippen LogP contribution in [0.5, 0.6) is 0 Å². The number of halogens is 3. The first-order valence-corrected chi connectivity index (χ1v) is 6.31. The lowest BCUT2D eigenvalue weighted by molar-refractivity contribution is -0.144.